The minimum atomic E-state index is 0.559. The maximum absolute atomic E-state index is 6.55. The summed E-state index contributed by atoms with van der Waals surface area (Å²) in [5, 5.41) is 6.60. The monoisotopic (exact) mass is 654 g/mol. The average Bonchev–Trinajstić information content (AvgIpc) is 3.87. The maximum Gasteiger partial charge on any atom is 0.238 e. The quantitative estimate of drug-likeness (QED) is 0.189. The molecule has 0 radical (unpaired) electrons. The van der Waals surface area contributed by atoms with Crippen LogP contribution in [0.25, 0.3) is 106 Å². The Morgan fingerprint density at radius 2 is 0.941 bits per heavy atom. The number of furan rings is 2. The standard InChI is InChI=1S/C45H26N4O2/c1-2-11-27(12-3-1)43-46-44(48-45(47-43)49-36-17-7-4-13-31(36)32-14-5-8-18-37(32)49)29-22-24-35-41(26-29)51-39-20-10-16-30(42(35)39)28-21-23-34-33-15-6-9-19-38(33)50-40(34)25-28/h1-26H. The van der Waals surface area contributed by atoms with Crippen molar-refractivity contribution in [3.63, 3.8) is 0 Å². The summed E-state index contributed by atoms with van der Waals surface area (Å²) >= 11 is 0. The number of aromatic nitrogens is 4. The van der Waals surface area contributed by atoms with Gasteiger partial charge in [-0.1, -0.05) is 109 Å². The maximum atomic E-state index is 6.55. The molecule has 6 heteroatoms. The van der Waals surface area contributed by atoms with E-state index in [1.807, 2.05) is 66.7 Å². The van der Waals surface area contributed by atoms with Crippen LogP contribution in [0.5, 0.6) is 0 Å². The Kier molecular flexibility index (Phi) is 5.86. The lowest BCUT2D eigenvalue weighted by molar-refractivity contribution is 0.668. The third-order valence-electron chi connectivity index (χ3n) is 9.88. The van der Waals surface area contributed by atoms with Crippen molar-refractivity contribution in [2.24, 2.45) is 0 Å². The van der Waals surface area contributed by atoms with Crippen molar-refractivity contribution >= 4 is 65.7 Å². The van der Waals surface area contributed by atoms with Gasteiger partial charge in [-0.15, -0.1) is 0 Å². The second kappa shape index (κ2) is 10.7. The van der Waals surface area contributed by atoms with Gasteiger partial charge in [-0.3, -0.25) is 4.57 Å². The van der Waals surface area contributed by atoms with Gasteiger partial charge in [0.15, 0.2) is 11.6 Å². The minimum Gasteiger partial charge on any atom is -0.456 e. The van der Waals surface area contributed by atoms with Gasteiger partial charge in [0, 0.05) is 43.4 Å². The van der Waals surface area contributed by atoms with Crippen LogP contribution in [0.3, 0.4) is 0 Å². The lowest BCUT2D eigenvalue weighted by atomic mass is 9.98. The zero-order valence-corrected chi connectivity index (χ0v) is 27.1. The summed E-state index contributed by atoms with van der Waals surface area (Å²) in [6.07, 6.45) is 0. The highest BCUT2D eigenvalue weighted by atomic mass is 16.3. The second-order valence-electron chi connectivity index (χ2n) is 12.8. The van der Waals surface area contributed by atoms with E-state index < -0.39 is 0 Å². The molecule has 0 fully saturated rings. The van der Waals surface area contributed by atoms with Crippen LogP contribution in [0.15, 0.2) is 167 Å². The normalized spacial score (nSPS) is 11.9. The summed E-state index contributed by atoms with van der Waals surface area (Å²) in [6, 6.07) is 53.9. The number of benzene rings is 7. The number of para-hydroxylation sites is 3. The summed E-state index contributed by atoms with van der Waals surface area (Å²) in [5.74, 6) is 1.73. The molecule has 0 aliphatic heterocycles. The zero-order chi connectivity index (χ0) is 33.5. The van der Waals surface area contributed by atoms with Crippen molar-refractivity contribution in [2.45, 2.75) is 0 Å². The van der Waals surface area contributed by atoms with E-state index in [0.717, 1.165) is 87.9 Å². The Morgan fingerprint density at radius 1 is 0.373 bits per heavy atom. The summed E-state index contributed by atoms with van der Waals surface area (Å²) in [6.45, 7) is 0. The number of hydrogen-bond donors (Lipinski definition) is 0. The molecule has 0 N–H and O–H groups in total. The number of hydrogen-bond acceptors (Lipinski definition) is 5. The van der Waals surface area contributed by atoms with Gasteiger partial charge in [-0.25, -0.2) is 4.98 Å². The van der Waals surface area contributed by atoms with Gasteiger partial charge in [0.2, 0.25) is 5.95 Å². The largest absolute Gasteiger partial charge is 0.456 e. The summed E-state index contributed by atoms with van der Waals surface area (Å²) in [7, 11) is 0. The van der Waals surface area contributed by atoms with Crippen molar-refractivity contribution in [1.82, 2.24) is 19.5 Å². The van der Waals surface area contributed by atoms with Gasteiger partial charge in [-0.05, 0) is 59.7 Å². The van der Waals surface area contributed by atoms with Crippen molar-refractivity contribution in [3.8, 4) is 39.9 Å². The Bertz CT molecular complexity index is 3100. The Hall–Kier alpha value is -7.05. The topological polar surface area (TPSA) is 69.9 Å². The Labute approximate surface area is 290 Å². The Morgan fingerprint density at radius 3 is 1.75 bits per heavy atom. The smallest absolute Gasteiger partial charge is 0.238 e. The molecule has 11 rings (SSSR count). The molecule has 238 valence electrons. The molecule has 7 aromatic carbocycles. The van der Waals surface area contributed by atoms with Crippen LogP contribution < -0.4 is 0 Å². The van der Waals surface area contributed by atoms with Crippen LogP contribution in [0, 0.1) is 0 Å². The first-order valence-electron chi connectivity index (χ1n) is 16.9. The molecule has 0 saturated heterocycles. The first-order valence-corrected chi connectivity index (χ1v) is 16.9. The van der Waals surface area contributed by atoms with Gasteiger partial charge in [0.25, 0.3) is 0 Å². The zero-order valence-electron chi connectivity index (χ0n) is 27.1. The average molecular weight is 655 g/mol. The molecule has 0 saturated carbocycles. The third kappa shape index (κ3) is 4.26. The molecule has 0 atom stereocenters. The summed E-state index contributed by atoms with van der Waals surface area (Å²) in [5.41, 5.74) is 9.32. The molecule has 0 unspecified atom stereocenters. The van der Waals surface area contributed by atoms with Crippen molar-refractivity contribution in [3.05, 3.63) is 158 Å². The van der Waals surface area contributed by atoms with Crippen molar-refractivity contribution < 1.29 is 8.83 Å². The fourth-order valence-electron chi connectivity index (χ4n) is 7.55. The number of rotatable bonds is 4. The van der Waals surface area contributed by atoms with Crippen LogP contribution in [0.2, 0.25) is 0 Å². The fourth-order valence-corrected chi connectivity index (χ4v) is 7.55. The van der Waals surface area contributed by atoms with Crippen LogP contribution in [-0.2, 0) is 0 Å². The van der Waals surface area contributed by atoms with Gasteiger partial charge in [-0.2, -0.15) is 9.97 Å². The molecule has 0 aliphatic rings. The van der Waals surface area contributed by atoms with E-state index >= 15 is 0 Å². The fraction of sp³-hybridized carbons (Fsp3) is 0. The van der Waals surface area contributed by atoms with E-state index in [1.54, 1.807) is 0 Å². The third-order valence-corrected chi connectivity index (χ3v) is 9.88. The van der Waals surface area contributed by atoms with Crippen LogP contribution in [0.4, 0.5) is 0 Å². The van der Waals surface area contributed by atoms with Gasteiger partial charge >= 0.3 is 0 Å². The summed E-state index contributed by atoms with van der Waals surface area (Å²) < 4.78 is 14.9. The van der Waals surface area contributed by atoms with E-state index in [9.17, 15) is 0 Å². The molecule has 11 aromatic rings. The molecular formula is C45H26N4O2. The van der Waals surface area contributed by atoms with Gasteiger partial charge in [0.05, 0.1) is 11.0 Å². The summed E-state index contributed by atoms with van der Waals surface area (Å²) in [4.78, 5) is 15.2. The van der Waals surface area contributed by atoms with Crippen molar-refractivity contribution in [2.75, 3.05) is 0 Å². The molecule has 0 aliphatic carbocycles. The molecule has 4 heterocycles. The highest BCUT2D eigenvalue weighted by molar-refractivity contribution is 6.14. The first-order chi connectivity index (χ1) is 25.3. The van der Waals surface area contributed by atoms with Gasteiger partial charge in [0.1, 0.15) is 22.3 Å². The highest BCUT2D eigenvalue weighted by Gasteiger charge is 2.19. The number of nitrogens with zero attached hydrogens (tertiary/aromatic N) is 4. The van der Waals surface area contributed by atoms with E-state index in [1.165, 1.54) is 0 Å². The van der Waals surface area contributed by atoms with Gasteiger partial charge < -0.3 is 8.83 Å². The first kappa shape index (κ1) is 27.9. The van der Waals surface area contributed by atoms with Crippen LogP contribution >= 0.6 is 0 Å². The van der Waals surface area contributed by atoms with Crippen LogP contribution in [0.1, 0.15) is 0 Å². The molecule has 4 aromatic heterocycles. The molecule has 0 spiro atoms. The molecule has 6 nitrogen and oxygen atoms in total. The van der Waals surface area contributed by atoms with E-state index in [-0.39, 0.29) is 0 Å². The predicted octanol–water partition coefficient (Wildman–Crippen LogP) is 11.8. The SMILES string of the molecule is c1ccc(-c2nc(-c3ccc4c(c3)oc3cccc(-c5ccc6c(c5)oc5ccccc56)c34)nc(-n3c4ccccc4c4ccccc43)n2)cc1. The lowest BCUT2D eigenvalue weighted by Crippen LogP contribution is -2.06. The number of fused-ring (bicyclic) bond motifs is 9. The minimum absolute atomic E-state index is 0.559. The van der Waals surface area contributed by atoms with Crippen LogP contribution in [-0.4, -0.2) is 19.5 Å². The van der Waals surface area contributed by atoms with E-state index in [0.29, 0.717) is 17.6 Å². The predicted molar refractivity (Wildman–Crippen MR) is 205 cm³/mol. The molecule has 0 amide bonds. The van der Waals surface area contributed by atoms with Crippen molar-refractivity contribution in [1.29, 1.82) is 0 Å². The van der Waals surface area contributed by atoms with E-state index in [4.69, 9.17) is 23.8 Å². The molecule has 0 bridgehead atoms. The second-order valence-corrected chi connectivity index (χ2v) is 12.8. The van der Waals surface area contributed by atoms with E-state index in [2.05, 4.69) is 95.6 Å². The lowest BCUT2D eigenvalue weighted by Gasteiger charge is -2.11. The Balaban J connectivity index is 1.10. The molecular weight excluding hydrogens is 629 g/mol. The molecule has 51 heavy (non-hydrogen) atoms. The highest BCUT2D eigenvalue weighted by Crippen LogP contribution is 2.40.